The van der Waals surface area contributed by atoms with Gasteiger partial charge in [-0.15, -0.1) is 0 Å². The van der Waals surface area contributed by atoms with E-state index in [1.54, 1.807) is 0 Å². The van der Waals surface area contributed by atoms with Gasteiger partial charge in [0.05, 0.1) is 9.78 Å². The number of hydrogen-bond acceptors (Lipinski definition) is 3. The van der Waals surface area contributed by atoms with Gasteiger partial charge >= 0.3 is 0 Å². The summed E-state index contributed by atoms with van der Waals surface area (Å²) in [7, 11) is 0. The predicted molar refractivity (Wildman–Crippen MR) is 83.5 cm³/mol. The fourth-order valence-electron chi connectivity index (χ4n) is 5.08. The molecule has 0 N–H and O–H groups in total. The second-order valence-electron chi connectivity index (χ2n) is 7.69. The van der Waals surface area contributed by atoms with Crippen molar-refractivity contribution in [2.75, 3.05) is 0 Å². The van der Waals surface area contributed by atoms with Crippen molar-refractivity contribution in [1.29, 1.82) is 0 Å². The number of thioether (sulfide) groups is 1. The Labute approximate surface area is 126 Å². The van der Waals surface area contributed by atoms with Crippen LogP contribution >= 0.6 is 11.8 Å². The van der Waals surface area contributed by atoms with Gasteiger partial charge in [0, 0.05) is 17.7 Å². The number of nitrogens with zero attached hydrogens (tertiary/aromatic N) is 1. The first-order chi connectivity index (χ1) is 9.53. The summed E-state index contributed by atoms with van der Waals surface area (Å²) >= 11 is 1.92. The van der Waals surface area contributed by atoms with Crippen LogP contribution in [-0.2, 0) is 4.79 Å². The quantitative estimate of drug-likeness (QED) is 0.725. The molecule has 4 aliphatic rings. The number of fused-ring (bicyclic) bond motifs is 2. The van der Waals surface area contributed by atoms with Crippen molar-refractivity contribution < 1.29 is 4.79 Å². The molecule has 0 unspecified atom stereocenters. The molecule has 2 aliphatic carbocycles. The Kier molecular flexibility index (Phi) is 2.83. The highest BCUT2D eigenvalue weighted by atomic mass is 32.2. The van der Waals surface area contributed by atoms with E-state index in [0.717, 1.165) is 18.8 Å². The monoisotopic (exact) mass is 291 g/mol. The van der Waals surface area contributed by atoms with Gasteiger partial charge in [-0.3, -0.25) is 4.79 Å². The van der Waals surface area contributed by atoms with E-state index in [2.05, 4.69) is 18.7 Å². The Morgan fingerprint density at radius 3 is 2.60 bits per heavy atom. The average molecular weight is 291 g/mol. The van der Waals surface area contributed by atoms with E-state index in [1.165, 1.54) is 43.6 Å². The standard InChI is InChI=1S/C17H25NOS/c1-16(2)12-6-7-13(10-12)18(16)15-11-14(19)17(20-15)8-4-3-5-9-17/h11-13H,3-10H2,1-2H3/t12-,13+/m1/s1. The third kappa shape index (κ3) is 1.68. The zero-order valence-corrected chi connectivity index (χ0v) is 13.5. The van der Waals surface area contributed by atoms with E-state index in [1.807, 2.05) is 17.8 Å². The first-order valence-corrected chi connectivity index (χ1v) is 9.09. The number of ketones is 1. The Bertz CT molecular complexity index is 475. The van der Waals surface area contributed by atoms with Gasteiger partial charge in [-0.1, -0.05) is 31.0 Å². The van der Waals surface area contributed by atoms with Gasteiger partial charge in [0.25, 0.3) is 0 Å². The topological polar surface area (TPSA) is 20.3 Å². The SMILES string of the molecule is CC1(C)[C@@H]2CC[C@@H](C2)N1C1=CC(=O)C2(CCCCC2)S1. The number of piperidine rings is 1. The molecule has 20 heavy (non-hydrogen) atoms. The smallest absolute Gasteiger partial charge is 0.174 e. The molecule has 1 spiro atoms. The zero-order valence-electron chi connectivity index (χ0n) is 12.7. The van der Waals surface area contributed by atoms with E-state index in [-0.39, 0.29) is 10.3 Å². The third-order valence-corrected chi connectivity index (χ3v) is 7.82. The number of likely N-dealkylation sites (tertiary alicyclic amines) is 1. The summed E-state index contributed by atoms with van der Waals surface area (Å²) in [5.74, 6) is 1.24. The summed E-state index contributed by atoms with van der Waals surface area (Å²) in [6.45, 7) is 4.77. The molecule has 1 saturated heterocycles. The largest absolute Gasteiger partial charge is 0.358 e. The molecule has 0 aromatic rings. The maximum absolute atomic E-state index is 12.6. The summed E-state index contributed by atoms with van der Waals surface area (Å²) < 4.78 is -0.0779. The molecular weight excluding hydrogens is 266 g/mol. The summed E-state index contributed by atoms with van der Waals surface area (Å²) in [5, 5.41) is 1.30. The number of hydrogen-bond donors (Lipinski definition) is 0. The summed E-state index contributed by atoms with van der Waals surface area (Å²) in [5.41, 5.74) is 0.252. The van der Waals surface area contributed by atoms with E-state index < -0.39 is 0 Å². The molecule has 0 aromatic heterocycles. The summed E-state index contributed by atoms with van der Waals surface area (Å²) in [6, 6.07) is 0.695. The predicted octanol–water partition coefficient (Wildman–Crippen LogP) is 4.11. The van der Waals surface area contributed by atoms with Gasteiger partial charge in [-0.05, 0) is 51.9 Å². The molecule has 3 fully saturated rings. The molecule has 2 nitrogen and oxygen atoms in total. The highest BCUT2D eigenvalue weighted by Gasteiger charge is 2.55. The molecule has 4 rings (SSSR count). The van der Waals surface area contributed by atoms with Crippen LogP contribution in [0.1, 0.15) is 65.2 Å². The molecule has 2 aliphatic heterocycles. The van der Waals surface area contributed by atoms with Crippen molar-refractivity contribution in [2.45, 2.75) is 81.5 Å². The lowest BCUT2D eigenvalue weighted by atomic mass is 9.85. The van der Waals surface area contributed by atoms with Gasteiger partial charge in [0.1, 0.15) is 0 Å². The van der Waals surface area contributed by atoms with Crippen LogP contribution in [0.15, 0.2) is 11.1 Å². The number of rotatable bonds is 1. The van der Waals surface area contributed by atoms with Gasteiger partial charge in [0.15, 0.2) is 5.78 Å². The molecule has 2 bridgehead atoms. The van der Waals surface area contributed by atoms with E-state index in [0.29, 0.717) is 11.8 Å². The van der Waals surface area contributed by atoms with E-state index in [4.69, 9.17) is 0 Å². The molecule has 2 atom stereocenters. The van der Waals surface area contributed by atoms with E-state index >= 15 is 0 Å². The maximum atomic E-state index is 12.6. The van der Waals surface area contributed by atoms with Crippen LogP contribution in [0.25, 0.3) is 0 Å². The lowest BCUT2D eigenvalue weighted by Gasteiger charge is -2.45. The van der Waals surface area contributed by atoms with Crippen LogP contribution in [0.5, 0.6) is 0 Å². The van der Waals surface area contributed by atoms with Crippen molar-refractivity contribution in [3.8, 4) is 0 Å². The highest BCUT2D eigenvalue weighted by Crippen LogP contribution is 2.57. The van der Waals surface area contributed by atoms with Gasteiger partial charge in [-0.2, -0.15) is 0 Å². The molecule has 110 valence electrons. The Balaban J connectivity index is 1.61. The lowest BCUT2D eigenvalue weighted by molar-refractivity contribution is -0.117. The second-order valence-corrected chi connectivity index (χ2v) is 9.10. The first-order valence-electron chi connectivity index (χ1n) is 8.27. The number of carbonyl (C=O) groups excluding carboxylic acids is 1. The zero-order chi connectivity index (χ0) is 14.0. The summed E-state index contributed by atoms with van der Waals surface area (Å²) in [4.78, 5) is 15.2. The van der Waals surface area contributed by atoms with Crippen molar-refractivity contribution in [1.82, 2.24) is 4.90 Å². The molecule has 0 amide bonds. The third-order valence-electron chi connectivity index (χ3n) is 6.29. The normalized spacial score (nSPS) is 37.8. The van der Waals surface area contributed by atoms with Crippen LogP contribution in [0.4, 0.5) is 0 Å². The van der Waals surface area contributed by atoms with Crippen molar-refractivity contribution in [3.63, 3.8) is 0 Å². The van der Waals surface area contributed by atoms with Crippen molar-refractivity contribution in [3.05, 3.63) is 11.1 Å². The lowest BCUT2D eigenvalue weighted by Crippen LogP contribution is -2.47. The van der Waals surface area contributed by atoms with Crippen LogP contribution in [-0.4, -0.2) is 27.0 Å². The Hall–Kier alpha value is -0.440. The molecular formula is C17H25NOS. The van der Waals surface area contributed by atoms with Gasteiger partial charge in [-0.25, -0.2) is 0 Å². The molecule has 0 aromatic carbocycles. The average Bonchev–Trinajstić information content (AvgIpc) is 3.04. The van der Waals surface area contributed by atoms with Crippen LogP contribution in [0.3, 0.4) is 0 Å². The number of carbonyl (C=O) groups is 1. The summed E-state index contributed by atoms with van der Waals surface area (Å²) in [6.07, 6.45) is 12.0. The van der Waals surface area contributed by atoms with Gasteiger partial charge < -0.3 is 4.90 Å². The fraction of sp³-hybridized carbons (Fsp3) is 0.824. The number of allylic oxidation sites excluding steroid dienone is 1. The van der Waals surface area contributed by atoms with Crippen LogP contribution in [0, 0.1) is 5.92 Å². The first kappa shape index (κ1) is 13.2. The second kappa shape index (κ2) is 4.28. The van der Waals surface area contributed by atoms with Crippen LogP contribution in [0.2, 0.25) is 0 Å². The van der Waals surface area contributed by atoms with E-state index in [9.17, 15) is 4.79 Å². The minimum atomic E-state index is -0.0779. The Morgan fingerprint density at radius 2 is 1.95 bits per heavy atom. The Morgan fingerprint density at radius 1 is 1.20 bits per heavy atom. The molecule has 0 radical (unpaired) electrons. The molecule has 3 heteroatoms. The molecule has 2 heterocycles. The fourth-order valence-corrected chi connectivity index (χ4v) is 6.78. The highest BCUT2D eigenvalue weighted by molar-refractivity contribution is 8.05. The molecule has 2 saturated carbocycles. The van der Waals surface area contributed by atoms with Crippen LogP contribution < -0.4 is 0 Å². The maximum Gasteiger partial charge on any atom is 0.174 e. The van der Waals surface area contributed by atoms with Crippen molar-refractivity contribution in [2.24, 2.45) is 5.92 Å². The van der Waals surface area contributed by atoms with Crippen molar-refractivity contribution >= 4 is 17.5 Å². The minimum Gasteiger partial charge on any atom is -0.358 e. The minimum absolute atomic E-state index is 0.0779. The van der Waals surface area contributed by atoms with Gasteiger partial charge in [0.2, 0.25) is 0 Å².